The first-order valence-electron chi connectivity index (χ1n) is 6.06. The number of carbonyl (C=O) groups is 1. The van der Waals surface area contributed by atoms with Crippen molar-refractivity contribution in [2.24, 2.45) is 0 Å². The Hall–Kier alpha value is -1.03. The minimum Gasteiger partial charge on any atom is -0.478 e. The molecule has 94 valence electrons. The molecule has 1 N–H and O–H groups in total. The number of hydrogen-bond donors (Lipinski definition) is 1. The monoisotopic (exact) mass is 253 g/mol. The van der Waals surface area contributed by atoms with Crippen LogP contribution in [0.1, 0.15) is 49.4 Å². The molecule has 1 aromatic rings. The molecule has 1 aromatic heterocycles. The van der Waals surface area contributed by atoms with E-state index in [4.69, 9.17) is 5.11 Å². The third kappa shape index (κ3) is 5.73. The first-order chi connectivity index (χ1) is 8.24. The Labute approximate surface area is 107 Å². The van der Waals surface area contributed by atoms with Crippen molar-refractivity contribution in [3.63, 3.8) is 0 Å². The smallest absolute Gasteiger partial charge is 0.337 e. The predicted molar refractivity (Wildman–Crippen MR) is 70.7 cm³/mol. The molecule has 0 saturated carbocycles. The van der Waals surface area contributed by atoms with Gasteiger partial charge in [0.05, 0.1) is 10.6 Å². The van der Waals surface area contributed by atoms with Gasteiger partial charge in [-0.3, -0.25) is 0 Å². The maximum absolute atomic E-state index is 10.6. The molecule has 0 atom stereocenters. The van der Waals surface area contributed by atoms with E-state index in [-0.39, 0.29) is 5.56 Å². The molecule has 1 rings (SSSR count). The molecule has 0 radical (unpaired) electrons. The van der Waals surface area contributed by atoms with Crippen molar-refractivity contribution in [2.75, 3.05) is 5.75 Å². The highest BCUT2D eigenvalue weighted by atomic mass is 32.2. The van der Waals surface area contributed by atoms with E-state index in [1.807, 2.05) is 0 Å². The van der Waals surface area contributed by atoms with Crippen LogP contribution in [0.25, 0.3) is 0 Å². The number of rotatable bonds is 8. The summed E-state index contributed by atoms with van der Waals surface area (Å²) >= 11 is 1.69. The molecular weight excluding hydrogens is 234 g/mol. The minimum atomic E-state index is -0.923. The van der Waals surface area contributed by atoms with E-state index < -0.39 is 5.97 Å². The quantitative estimate of drug-likeness (QED) is 0.565. The maximum atomic E-state index is 10.6. The highest BCUT2D eigenvalue weighted by Crippen LogP contribution is 2.17. The van der Waals surface area contributed by atoms with Crippen molar-refractivity contribution in [3.05, 3.63) is 23.9 Å². The van der Waals surface area contributed by atoms with Gasteiger partial charge in [-0.1, -0.05) is 32.6 Å². The van der Waals surface area contributed by atoms with Gasteiger partial charge in [0, 0.05) is 6.20 Å². The lowest BCUT2D eigenvalue weighted by Crippen LogP contribution is -1.96. The van der Waals surface area contributed by atoms with Gasteiger partial charge in [-0.2, -0.15) is 0 Å². The molecule has 0 aliphatic carbocycles. The van der Waals surface area contributed by atoms with Gasteiger partial charge in [0.25, 0.3) is 0 Å². The number of hydrogen-bond acceptors (Lipinski definition) is 3. The van der Waals surface area contributed by atoms with Gasteiger partial charge in [0.15, 0.2) is 0 Å². The zero-order valence-corrected chi connectivity index (χ0v) is 11.0. The molecule has 0 aliphatic rings. The van der Waals surface area contributed by atoms with Gasteiger partial charge in [-0.05, 0) is 24.3 Å². The van der Waals surface area contributed by atoms with Crippen LogP contribution in [0.15, 0.2) is 23.4 Å². The molecule has 0 aromatic carbocycles. The lowest BCUT2D eigenvalue weighted by molar-refractivity contribution is 0.0696. The van der Waals surface area contributed by atoms with Crippen LogP contribution >= 0.6 is 11.8 Å². The average molecular weight is 253 g/mol. The van der Waals surface area contributed by atoms with Crippen LogP contribution in [0.2, 0.25) is 0 Å². The van der Waals surface area contributed by atoms with Crippen LogP contribution in [-0.2, 0) is 0 Å². The molecule has 0 amide bonds. The van der Waals surface area contributed by atoms with Crippen LogP contribution < -0.4 is 0 Å². The zero-order chi connectivity index (χ0) is 12.5. The van der Waals surface area contributed by atoms with Crippen LogP contribution in [0.5, 0.6) is 0 Å². The number of aromatic nitrogens is 1. The molecule has 0 saturated heterocycles. The van der Waals surface area contributed by atoms with E-state index in [1.165, 1.54) is 38.3 Å². The third-order valence-electron chi connectivity index (χ3n) is 2.48. The maximum Gasteiger partial charge on any atom is 0.337 e. The molecule has 0 fully saturated rings. The minimum absolute atomic E-state index is 0.247. The van der Waals surface area contributed by atoms with Gasteiger partial charge >= 0.3 is 5.97 Å². The van der Waals surface area contributed by atoms with Gasteiger partial charge in [0.1, 0.15) is 0 Å². The molecule has 0 unspecified atom stereocenters. The third-order valence-corrected chi connectivity index (χ3v) is 3.51. The lowest BCUT2D eigenvalue weighted by Gasteiger charge is -2.01. The standard InChI is InChI=1S/C13H19NO2S/c1-2-3-4-5-6-9-17-12-8-7-11(10-14-12)13(15)16/h7-8,10H,2-6,9H2,1H3,(H,15,16). The molecule has 0 bridgehead atoms. The number of thioether (sulfide) groups is 1. The average Bonchev–Trinajstić information content (AvgIpc) is 2.34. The molecule has 3 nitrogen and oxygen atoms in total. The highest BCUT2D eigenvalue weighted by molar-refractivity contribution is 7.99. The molecule has 0 aliphatic heterocycles. The summed E-state index contributed by atoms with van der Waals surface area (Å²) in [6.45, 7) is 2.21. The molecular formula is C13H19NO2S. The van der Waals surface area contributed by atoms with Gasteiger partial charge in [-0.15, -0.1) is 11.8 Å². The van der Waals surface area contributed by atoms with Gasteiger partial charge in [0.2, 0.25) is 0 Å². The zero-order valence-electron chi connectivity index (χ0n) is 10.2. The number of aromatic carboxylic acids is 1. The first-order valence-corrected chi connectivity index (χ1v) is 7.04. The lowest BCUT2D eigenvalue weighted by atomic mass is 10.2. The normalized spacial score (nSPS) is 10.4. The van der Waals surface area contributed by atoms with E-state index in [1.54, 1.807) is 23.9 Å². The summed E-state index contributed by atoms with van der Waals surface area (Å²) in [4.78, 5) is 14.7. The van der Waals surface area contributed by atoms with Crippen molar-refractivity contribution < 1.29 is 9.90 Å². The van der Waals surface area contributed by atoms with Crippen LogP contribution in [0, 0.1) is 0 Å². The number of carboxylic acids is 1. The summed E-state index contributed by atoms with van der Waals surface area (Å²) in [5.74, 6) is 0.136. The Bertz CT molecular complexity index is 338. The van der Waals surface area contributed by atoms with Gasteiger partial charge < -0.3 is 5.11 Å². The van der Waals surface area contributed by atoms with E-state index in [0.29, 0.717) is 0 Å². The van der Waals surface area contributed by atoms with E-state index in [2.05, 4.69) is 11.9 Å². The Morgan fingerprint density at radius 1 is 1.29 bits per heavy atom. The SMILES string of the molecule is CCCCCCCSc1ccc(C(=O)O)cn1. The fourth-order valence-electron chi connectivity index (χ4n) is 1.47. The molecule has 0 spiro atoms. The number of nitrogens with zero attached hydrogens (tertiary/aromatic N) is 1. The second kappa shape index (κ2) is 8.12. The topological polar surface area (TPSA) is 50.2 Å². The summed E-state index contributed by atoms with van der Waals surface area (Å²) in [5, 5.41) is 9.63. The van der Waals surface area contributed by atoms with Crippen LogP contribution in [0.4, 0.5) is 0 Å². The van der Waals surface area contributed by atoms with Crippen LogP contribution in [-0.4, -0.2) is 21.8 Å². The summed E-state index contributed by atoms with van der Waals surface area (Å²) in [7, 11) is 0. The molecule has 4 heteroatoms. The Morgan fingerprint density at radius 3 is 2.65 bits per heavy atom. The van der Waals surface area contributed by atoms with E-state index in [0.717, 1.165) is 10.8 Å². The van der Waals surface area contributed by atoms with Gasteiger partial charge in [-0.25, -0.2) is 9.78 Å². The summed E-state index contributed by atoms with van der Waals surface area (Å²) < 4.78 is 0. The second-order valence-corrected chi connectivity index (χ2v) is 5.07. The Morgan fingerprint density at radius 2 is 2.06 bits per heavy atom. The summed E-state index contributed by atoms with van der Waals surface area (Å²) in [6, 6.07) is 3.38. The predicted octanol–water partition coefficient (Wildman–Crippen LogP) is 3.84. The number of unbranched alkanes of at least 4 members (excludes halogenated alkanes) is 4. The Kier molecular flexibility index (Phi) is 6.70. The van der Waals surface area contributed by atoms with Crippen molar-refractivity contribution >= 4 is 17.7 Å². The largest absolute Gasteiger partial charge is 0.478 e. The second-order valence-electron chi connectivity index (χ2n) is 3.95. The van der Waals surface area contributed by atoms with E-state index >= 15 is 0 Å². The van der Waals surface area contributed by atoms with E-state index in [9.17, 15) is 4.79 Å². The van der Waals surface area contributed by atoms with Crippen molar-refractivity contribution in [1.29, 1.82) is 0 Å². The fraction of sp³-hybridized carbons (Fsp3) is 0.538. The molecule has 1 heterocycles. The highest BCUT2D eigenvalue weighted by Gasteiger charge is 2.02. The first kappa shape index (κ1) is 14.0. The number of pyridine rings is 1. The summed E-state index contributed by atoms with van der Waals surface area (Å²) in [5.41, 5.74) is 0.247. The van der Waals surface area contributed by atoms with Crippen molar-refractivity contribution in [1.82, 2.24) is 4.98 Å². The fourth-order valence-corrected chi connectivity index (χ4v) is 2.32. The number of carboxylic acid groups (broad SMARTS) is 1. The Balaban J connectivity index is 2.21. The molecule has 17 heavy (non-hydrogen) atoms. The summed E-state index contributed by atoms with van der Waals surface area (Å²) in [6.07, 6.45) is 7.78. The van der Waals surface area contributed by atoms with Crippen LogP contribution in [0.3, 0.4) is 0 Å². The van der Waals surface area contributed by atoms with Crippen molar-refractivity contribution in [2.45, 2.75) is 44.1 Å². The van der Waals surface area contributed by atoms with Crippen molar-refractivity contribution in [3.8, 4) is 0 Å².